The summed E-state index contributed by atoms with van der Waals surface area (Å²) in [6.07, 6.45) is 9.43. The third-order valence-electron chi connectivity index (χ3n) is 5.89. The number of rotatable bonds is 7. The molecule has 2 aromatic rings. The van der Waals surface area contributed by atoms with Gasteiger partial charge < -0.3 is 20.5 Å². The third kappa shape index (κ3) is 5.58. The van der Waals surface area contributed by atoms with Crippen LogP contribution in [-0.2, 0) is 11.3 Å². The number of ether oxygens (including phenoxy) is 2. The van der Waals surface area contributed by atoms with Crippen molar-refractivity contribution in [3.63, 3.8) is 0 Å². The number of nitrogen functional groups attached to an aromatic ring is 1. The van der Waals surface area contributed by atoms with E-state index in [9.17, 15) is 0 Å². The molecular formula is C22H32N6O2. The van der Waals surface area contributed by atoms with Gasteiger partial charge in [-0.05, 0) is 37.8 Å². The van der Waals surface area contributed by atoms with Crippen molar-refractivity contribution in [3.8, 4) is 5.75 Å². The van der Waals surface area contributed by atoms with E-state index in [2.05, 4.69) is 25.2 Å². The number of nitrogens with zero attached hydrogens (tertiary/aromatic N) is 4. The lowest BCUT2D eigenvalue weighted by Crippen LogP contribution is -2.38. The second kappa shape index (κ2) is 10.0. The van der Waals surface area contributed by atoms with Crippen LogP contribution in [0.2, 0.25) is 0 Å². The lowest BCUT2D eigenvalue weighted by Gasteiger charge is -2.34. The number of para-hydroxylation sites is 2. The largest absolute Gasteiger partial charge is 0.495 e. The average Bonchev–Trinajstić information content (AvgIpc) is 2.76. The van der Waals surface area contributed by atoms with Gasteiger partial charge in [-0.25, -0.2) is 0 Å². The molecule has 0 bridgehead atoms. The molecule has 0 unspecified atom stereocenters. The molecule has 1 aromatic carbocycles. The first-order chi connectivity index (χ1) is 14.7. The standard InChI is InChI=1S/C22H32N6O2/c1-29-19-10-6-5-9-18(19)24-22-26-20(25-21(23)27-22)15-28-13-11-17(12-14-28)30-16-7-3-2-4-8-16/h5-6,9-10,16-17H,2-4,7-8,11-15H2,1H3,(H3,23,24,25,26,27). The molecule has 1 aromatic heterocycles. The van der Waals surface area contributed by atoms with Crippen molar-refractivity contribution >= 4 is 17.6 Å². The molecule has 4 rings (SSSR count). The van der Waals surface area contributed by atoms with Gasteiger partial charge in [-0.1, -0.05) is 31.4 Å². The third-order valence-corrected chi connectivity index (χ3v) is 5.89. The summed E-state index contributed by atoms with van der Waals surface area (Å²) >= 11 is 0. The zero-order chi connectivity index (χ0) is 20.8. The Bertz CT molecular complexity index is 819. The van der Waals surface area contributed by atoms with E-state index in [1.165, 1.54) is 32.1 Å². The van der Waals surface area contributed by atoms with Crippen LogP contribution in [0.5, 0.6) is 5.75 Å². The molecule has 2 aliphatic rings. The van der Waals surface area contributed by atoms with E-state index >= 15 is 0 Å². The van der Waals surface area contributed by atoms with Crippen molar-refractivity contribution in [1.82, 2.24) is 19.9 Å². The van der Waals surface area contributed by atoms with Crippen LogP contribution in [0.1, 0.15) is 50.8 Å². The van der Waals surface area contributed by atoms with Crippen molar-refractivity contribution < 1.29 is 9.47 Å². The Morgan fingerprint density at radius 3 is 2.50 bits per heavy atom. The van der Waals surface area contributed by atoms with Crippen LogP contribution in [0.25, 0.3) is 0 Å². The van der Waals surface area contributed by atoms with Gasteiger partial charge in [-0.15, -0.1) is 0 Å². The molecule has 162 valence electrons. The van der Waals surface area contributed by atoms with Crippen molar-refractivity contribution in [3.05, 3.63) is 30.1 Å². The van der Waals surface area contributed by atoms with Gasteiger partial charge in [0.05, 0.1) is 31.5 Å². The molecule has 1 aliphatic heterocycles. The second-order valence-corrected chi connectivity index (χ2v) is 8.13. The summed E-state index contributed by atoms with van der Waals surface area (Å²) in [7, 11) is 1.63. The molecule has 1 saturated heterocycles. The van der Waals surface area contributed by atoms with Crippen molar-refractivity contribution in [2.45, 2.75) is 63.7 Å². The minimum atomic E-state index is 0.216. The van der Waals surface area contributed by atoms with Crippen LogP contribution < -0.4 is 15.8 Å². The summed E-state index contributed by atoms with van der Waals surface area (Å²) < 4.78 is 11.7. The number of hydrogen-bond donors (Lipinski definition) is 2. The predicted octanol–water partition coefficient (Wildman–Crippen LogP) is 3.52. The molecule has 30 heavy (non-hydrogen) atoms. The van der Waals surface area contributed by atoms with Crippen molar-refractivity contribution in [2.24, 2.45) is 0 Å². The monoisotopic (exact) mass is 412 g/mol. The van der Waals surface area contributed by atoms with Gasteiger partial charge >= 0.3 is 0 Å². The van der Waals surface area contributed by atoms with E-state index in [1.807, 2.05) is 24.3 Å². The SMILES string of the molecule is COc1ccccc1Nc1nc(N)nc(CN2CCC(OC3CCCCC3)CC2)n1. The quantitative estimate of drug-likeness (QED) is 0.713. The zero-order valence-electron chi connectivity index (χ0n) is 17.7. The molecule has 2 heterocycles. The highest BCUT2D eigenvalue weighted by atomic mass is 16.5. The Kier molecular flexibility index (Phi) is 6.96. The molecule has 0 spiro atoms. The number of methoxy groups -OCH3 is 1. The Labute approximate surface area is 178 Å². The molecule has 8 nitrogen and oxygen atoms in total. The number of piperidine rings is 1. The van der Waals surface area contributed by atoms with E-state index in [0.717, 1.165) is 37.4 Å². The summed E-state index contributed by atoms with van der Waals surface area (Å²) in [5, 5.41) is 3.19. The number of benzene rings is 1. The smallest absolute Gasteiger partial charge is 0.232 e. The summed E-state index contributed by atoms with van der Waals surface area (Å²) in [5.41, 5.74) is 6.73. The van der Waals surface area contributed by atoms with E-state index < -0.39 is 0 Å². The van der Waals surface area contributed by atoms with Crippen LogP contribution in [0, 0.1) is 0 Å². The van der Waals surface area contributed by atoms with Crippen molar-refractivity contribution in [1.29, 1.82) is 0 Å². The van der Waals surface area contributed by atoms with Gasteiger partial charge in [0.1, 0.15) is 11.6 Å². The maximum absolute atomic E-state index is 6.35. The van der Waals surface area contributed by atoms with Gasteiger partial charge in [0.25, 0.3) is 0 Å². The Morgan fingerprint density at radius 1 is 1.00 bits per heavy atom. The Balaban J connectivity index is 1.32. The summed E-state index contributed by atoms with van der Waals surface area (Å²) in [4.78, 5) is 15.5. The Morgan fingerprint density at radius 2 is 1.73 bits per heavy atom. The van der Waals surface area contributed by atoms with Gasteiger partial charge in [0.2, 0.25) is 11.9 Å². The lowest BCUT2D eigenvalue weighted by molar-refractivity contribution is -0.0568. The van der Waals surface area contributed by atoms with Gasteiger partial charge in [0, 0.05) is 13.1 Å². The molecule has 8 heteroatoms. The number of nitrogens with one attached hydrogen (secondary N) is 1. The van der Waals surface area contributed by atoms with Crippen LogP contribution in [0.15, 0.2) is 24.3 Å². The van der Waals surface area contributed by atoms with Crippen LogP contribution in [0.4, 0.5) is 17.6 Å². The molecule has 0 atom stereocenters. The fraction of sp³-hybridized carbons (Fsp3) is 0.591. The average molecular weight is 413 g/mol. The van der Waals surface area contributed by atoms with Crippen molar-refractivity contribution in [2.75, 3.05) is 31.2 Å². The van der Waals surface area contributed by atoms with E-state index in [4.69, 9.17) is 15.2 Å². The Hall–Kier alpha value is -2.45. The normalized spacial score (nSPS) is 19.0. The molecule has 2 fully saturated rings. The van der Waals surface area contributed by atoms with Gasteiger partial charge in [0.15, 0.2) is 0 Å². The predicted molar refractivity (Wildman–Crippen MR) is 117 cm³/mol. The first kappa shape index (κ1) is 20.8. The van der Waals surface area contributed by atoms with Gasteiger partial charge in [-0.3, -0.25) is 4.90 Å². The molecule has 1 saturated carbocycles. The van der Waals surface area contributed by atoms with E-state index in [-0.39, 0.29) is 5.95 Å². The highest BCUT2D eigenvalue weighted by molar-refractivity contribution is 5.62. The summed E-state index contributed by atoms with van der Waals surface area (Å²) in [6.45, 7) is 2.62. The molecule has 0 radical (unpaired) electrons. The lowest BCUT2D eigenvalue weighted by atomic mass is 9.97. The maximum Gasteiger partial charge on any atom is 0.232 e. The number of likely N-dealkylation sites (tertiary alicyclic amines) is 1. The summed E-state index contributed by atoms with van der Waals surface area (Å²) in [5.74, 6) is 2.04. The highest BCUT2D eigenvalue weighted by Crippen LogP contribution is 2.27. The number of nitrogens with two attached hydrogens (primary N) is 1. The van der Waals surface area contributed by atoms with E-state index in [1.54, 1.807) is 7.11 Å². The van der Waals surface area contributed by atoms with Gasteiger partial charge in [-0.2, -0.15) is 15.0 Å². The highest BCUT2D eigenvalue weighted by Gasteiger charge is 2.24. The number of anilines is 3. The molecule has 0 amide bonds. The molecule has 1 aliphatic carbocycles. The summed E-state index contributed by atoms with van der Waals surface area (Å²) in [6, 6.07) is 7.64. The number of aromatic nitrogens is 3. The first-order valence-corrected chi connectivity index (χ1v) is 11.0. The minimum absolute atomic E-state index is 0.216. The zero-order valence-corrected chi connectivity index (χ0v) is 17.7. The van der Waals surface area contributed by atoms with Crippen LogP contribution >= 0.6 is 0 Å². The van der Waals surface area contributed by atoms with Crippen LogP contribution in [0.3, 0.4) is 0 Å². The molecular weight excluding hydrogens is 380 g/mol. The minimum Gasteiger partial charge on any atom is -0.495 e. The fourth-order valence-electron chi connectivity index (χ4n) is 4.31. The molecule has 3 N–H and O–H groups in total. The first-order valence-electron chi connectivity index (χ1n) is 11.0. The maximum atomic E-state index is 6.35. The van der Waals surface area contributed by atoms with E-state index in [0.29, 0.717) is 30.5 Å². The fourth-order valence-corrected chi connectivity index (χ4v) is 4.31. The number of hydrogen-bond acceptors (Lipinski definition) is 8. The second-order valence-electron chi connectivity index (χ2n) is 8.13. The topological polar surface area (TPSA) is 98.4 Å². The van der Waals surface area contributed by atoms with Crippen LogP contribution in [-0.4, -0.2) is 52.3 Å².